The minimum Gasteiger partial charge on any atom is -0.337 e. The summed E-state index contributed by atoms with van der Waals surface area (Å²) in [6.45, 7) is 1.02. The van der Waals surface area contributed by atoms with Crippen LogP contribution in [-0.4, -0.2) is 26.2 Å². The fourth-order valence-corrected chi connectivity index (χ4v) is 1.95. The summed E-state index contributed by atoms with van der Waals surface area (Å²) >= 11 is 0. The molecule has 0 spiro atoms. The Labute approximate surface area is 92.7 Å². The molecule has 0 aliphatic carbocycles. The highest BCUT2D eigenvalue weighted by molar-refractivity contribution is 5.47. The van der Waals surface area contributed by atoms with Crippen LogP contribution in [0.2, 0.25) is 0 Å². The normalized spacial score (nSPS) is 20.4. The molecule has 0 radical (unpaired) electrons. The van der Waals surface area contributed by atoms with Gasteiger partial charge in [0.25, 0.3) is 0 Å². The van der Waals surface area contributed by atoms with Gasteiger partial charge in [0.1, 0.15) is 5.69 Å². The van der Waals surface area contributed by atoms with Crippen molar-refractivity contribution < 1.29 is 4.52 Å². The van der Waals surface area contributed by atoms with Crippen LogP contribution in [0, 0.1) is 0 Å². The van der Waals surface area contributed by atoms with E-state index in [1.807, 2.05) is 11.6 Å². The zero-order valence-electron chi connectivity index (χ0n) is 9.05. The molecule has 1 aliphatic heterocycles. The lowest BCUT2D eigenvalue weighted by molar-refractivity contribution is 0.344. The van der Waals surface area contributed by atoms with Crippen LogP contribution in [0.25, 0.3) is 11.5 Å². The van der Waals surface area contributed by atoms with Gasteiger partial charge < -0.3 is 14.4 Å². The quantitative estimate of drug-likeness (QED) is 0.812. The highest BCUT2D eigenvalue weighted by atomic mass is 16.5. The number of rotatable bonds is 2. The maximum absolute atomic E-state index is 5.26. The number of aryl methyl sites for hydroxylation is 1. The highest BCUT2D eigenvalue weighted by Crippen LogP contribution is 2.23. The lowest BCUT2D eigenvalue weighted by Gasteiger charge is -2.01. The van der Waals surface area contributed by atoms with E-state index in [1.54, 1.807) is 12.5 Å². The van der Waals surface area contributed by atoms with E-state index in [9.17, 15) is 0 Å². The Morgan fingerprint density at radius 2 is 2.50 bits per heavy atom. The van der Waals surface area contributed by atoms with E-state index < -0.39 is 0 Å². The molecule has 84 valence electrons. The third-order valence-corrected chi connectivity index (χ3v) is 2.85. The number of aromatic nitrogens is 4. The Morgan fingerprint density at radius 3 is 3.19 bits per heavy atom. The van der Waals surface area contributed by atoms with Gasteiger partial charge in [-0.25, -0.2) is 4.98 Å². The standard InChI is InChI=1S/C10H13N5O/c1-15-6-11-5-8(15)9-13-10(16-14-9)7-3-2-4-12-7/h5-7,12H,2-4H2,1H3. The van der Waals surface area contributed by atoms with Gasteiger partial charge in [-0.2, -0.15) is 4.98 Å². The monoisotopic (exact) mass is 219 g/mol. The molecule has 1 saturated heterocycles. The summed E-state index contributed by atoms with van der Waals surface area (Å²) in [7, 11) is 1.91. The lowest BCUT2D eigenvalue weighted by atomic mass is 10.2. The molecule has 1 atom stereocenters. The molecular formula is C10H13N5O. The van der Waals surface area contributed by atoms with E-state index in [0.717, 1.165) is 25.1 Å². The average molecular weight is 219 g/mol. The van der Waals surface area contributed by atoms with Crippen LogP contribution >= 0.6 is 0 Å². The van der Waals surface area contributed by atoms with Crippen molar-refractivity contribution in [2.75, 3.05) is 6.54 Å². The molecule has 0 amide bonds. The van der Waals surface area contributed by atoms with E-state index in [2.05, 4.69) is 20.4 Å². The van der Waals surface area contributed by atoms with Gasteiger partial charge in [-0.15, -0.1) is 0 Å². The number of imidazole rings is 1. The predicted molar refractivity (Wildman–Crippen MR) is 56.5 cm³/mol. The van der Waals surface area contributed by atoms with Crippen molar-refractivity contribution in [2.45, 2.75) is 18.9 Å². The summed E-state index contributed by atoms with van der Waals surface area (Å²) in [5.74, 6) is 1.28. The Hall–Kier alpha value is -1.69. The Balaban J connectivity index is 1.90. The van der Waals surface area contributed by atoms with Crippen molar-refractivity contribution in [1.82, 2.24) is 25.0 Å². The van der Waals surface area contributed by atoms with E-state index in [1.165, 1.54) is 0 Å². The molecule has 6 heteroatoms. The number of nitrogens with zero attached hydrogens (tertiary/aromatic N) is 4. The van der Waals surface area contributed by atoms with Crippen LogP contribution in [0.15, 0.2) is 17.0 Å². The number of nitrogens with one attached hydrogen (secondary N) is 1. The first-order valence-corrected chi connectivity index (χ1v) is 5.38. The summed E-state index contributed by atoms with van der Waals surface area (Å²) in [6.07, 6.45) is 5.68. The predicted octanol–water partition coefficient (Wildman–Crippen LogP) is 0.895. The molecule has 1 aliphatic rings. The van der Waals surface area contributed by atoms with E-state index >= 15 is 0 Å². The van der Waals surface area contributed by atoms with Crippen molar-refractivity contribution in [1.29, 1.82) is 0 Å². The molecule has 0 saturated carbocycles. The molecule has 1 N–H and O–H groups in total. The minimum absolute atomic E-state index is 0.217. The molecule has 1 fully saturated rings. The zero-order chi connectivity index (χ0) is 11.0. The average Bonchev–Trinajstić information content (AvgIpc) is 2.96. The van der Waals surface area contributed by atoms with Crippen molar-refractivity contribution in [3.63, 3.8) is 0 Å². The molecule has 0 bridgehead atoms. The SMILES string of the molecule is Cn1cncc1-c1noc(C2CCCN2)n1. The van der Waals surface area contributed by atoms with Gasteiger partial charge in [0.05, 0.1) is 18.6 Å². The Bertz CT molecular complexity index is 483. The Kier molecular flexibility index (Phi) is 2.21. The molecule has 1 unspecified atom stereocenters. The first-order valence-electron chi connectivity index (χ1n) is 5.38. The van der Waals surface area contributed by atoms with Crippen molar-refractivity contribution in [2.24, 2.45) is 7.05 Å². The van der Waals surface area contributed by atoms with Crippen molar-refractivity contribution in [3.05, 3.63) is 18.4 Å². The Morgan fingerprint density at radius 1 is 1.56 bits per heavy atom. The van der Waals surface area contributed by atoms with E-state index in [0.29, 0.717) is 11.7 Å². The highest BCUT2D eigenvalue weighted by Gasteiger charge is 2.23. The summed E-state index contributed by atoms with van der Waals surface area (Å²) < 4.78 is 7.13. The van der Waals surface area contributed by atoms with Crippen LogP contribution in [0.4, 0.5) is 0 Å². The van der Waals surface area contributed by atoms with Crippen LogP contribution in [0.3, 0.4) is 0 Å². The van der Waals surface area contributed by atoms with Gasteiger partial charge in [0.15, 0.2) is 0 Å². The van der Waals surface area contributed by atoms with Gasteiger partial charge >= 0.3 is 0 Å². The van der Waals surface area contributed by atoms with Crippen molar-refractivity contribution in [3.8, 4) is 11.5 Å². The summed E-state index contributed by atoms with van der Waals surface area (Å²) in [5.41, 5.74) is 0.869. The van der Waals surface area contributed by atoms with Gasteiger partial charge in [0.2, 0.25) is 11.7 Å². The zero-order valence-corrected chi connectivity index (χ0v) is 9.05. The molecule has 3 rings (SSSR count). The van der Waals surface area contributed by atoms with Crippen molar-refractivity contribution >= 4 is 0 Å². The smallest absolute Gasteiger partial charge is 0.244 e. The van der Waals surface area contributed by atoms with Gasteiger partial charge in [-0.1, -0.05) is 5.16 Å². The summed E-state index contributed by atoms with van der Waals surface area (Å²) in [4.78, 5) is 8.42. The number of hydrogen-bond donors (Lipinski definition) is 1. The van der Waals surface area contributed by atoms with Gasteiger partial charge in [-0.05, 0) is 19.4 Å². The van der Waals surface area contributed by atoms with Gasteiger partial charge in [-0.3, -0.25) is 0 Å². The van der Waals surface area contributed by atoms with Crippen LogP contribution in [0.5, 0.6) is 0 Å². The summed E-state index contributed by atoms with van der Waals surface area (Å²) in [5, 5.41) is 7.30. The van der Waals surface area contributed by atoms with Crippen LogP contribution < -0.4 is 5.32 Å². The fourth-order valence-electron chi connectivity index (χ4n) is 1.95. The molecule has 16 heavy (non-hydrogen) atoms. The first-order chi connectivity index (χ1) is 7.84. The van der Waals surface area contributed by atoms with E-state index in [4.69, 9.17) is 4.52 Å². The van der Waals surface area contributed by atoms with Crippen LogP contribution in [-0.2, 0) is 7.05 Å². The third kappa shape index (κ3) is 1.51. The van der Waals surface area contributed by atoms with Crippen LogP contribution in [0.1, 0.15) is 24.8 Å². The minimum atomic E-state index is 0.217. The lowest BCUT2D eigenvalue weighted by Crippen LogP contribution is -2.13. The topological polar surface area (TPSA) is 68.8 Å². The molecule has 3 heterocycles. The second kappa shape index (κ2) is 3.71. The maximum atomic E-state index is 5.26. The largest absolute Gasteiger partial charge is 0.337 e. The van der Waals surface area contributed by atoms with E-state index in [-0.39, 0.29) is 6.04 Å². The molecule has 2 aromatic rings. The third-order valence-electron chi connectivity index (χ3n) is 2.85. The first kappa shape index (κ1) is 9.53. The summed E-state index contributed by atoms with van der Waals surface area (Å²) in [6, 6.07) is 0.217. The second-order valence-electron chi connectivity index (χ2n) is 3.99. The second-order valence-corrected chi connectivity index (χ2v) is 3.99. The molecular weight excluding hydrogens is 206 g/mol. The molecule has 2 aromatic heterocycles. The number of hydrogen-bond acceptors (Lipinski definition) is 5. The fraction of sp³-hybridized carbons (Fsp3) is 0.500. The van der Waals surface area contributed by atoms with Gasteiger partial charge in [0, 0.05) is 7.05 Å². The molecule has 6 nitrogen and oxygen atoms in total. The molecule has 0 aromatic carbocycles. The maximum Gasteiger partial charge on any atom is 0.244 e.